The molecule has 2 aliphatic rings. The van der Waals surface area contributed by atoms with Gasteiger partial charge >= 0.3 is 0 Å². The Morgan fingerprint density at radius 3 is 2.56 bits per heavy atom. The van der Waals surface area contributed by atoms with Crippen molar-refractivity contribution in [1.29, 1.82) is 0 Å². The van der Waals surface area contributed by atoms with Gasteiger partial charge in [0.05, 0.1) is 13.2 Å². The molecular weight excluding hydrogens is 447 g/mol. The van der Waals surface area contributed by atoms with Crippen LogP contribution in [0.25, 0.3) is 0 Å². The van der Waals surface area contributed by atoms with Crippen LogP contribution in [0.15, 0.2) is 4.99 Å². The van der Waals surface area contributed by atoms with E-state index >= 15 is 0 Å². The molecule has 2 atom stereocenters. The Bertz CT molecular complexity index is 397. The second kappa shape index (κ2) is 11.9. The van der Waals surface area contributed by atoms with Crippen LogP contribution in [-0.2, 0) is 4.74 Å². The van der Waals surface area contributed by atoms with Crippen LogP contribution in [0.3, 0.4) is 0 Å². The molecule has 0 aliphatic carbocycles. The van der Waals surface area contributed by atoms with E-state index < -0.39 is 0 Å². The van der Waals surface area contributed by atoms with E-state index in [9.17, 15) is 0 Å². The lowest BCUT2D eigenvalue weighted by molar-refractivity contribution is 0.0132. The van der Waals surface area contributed by atoms with Crippen molar-refractivity contribution in [2.24, 2.45) is 10.9 Å². The van der Waals surface area contributed by atoms with Gasteiger partial charge in [-0.3, -0.25) is 9.89 Å². The molecule has 0 amide bonds. The first kappa shape index (κ1) is 23.3. The topological polar surface area (TPSA) is 48.9 Å². The van der Waals surface area contributed by atoms with Crippen molar-refractivity contribution in [3.8, 4) is 0 Å². The Hall–Kier alpha value is 0.270. The fourth-order valence-electron chi connectivity index (χ4n) is 3.53. The molecule has 2 fully saturated rings. The van der Waals surface area contributed by atoms with Crippen molar-refractivity contribution < 1.29 is 4.74 Å². The highest BCUT2D eigenvalue weighted by atomic mass is 127. The standard InChI is InChI=1S/C18H36N4OS.HI/c1-15(2)12-16(22-7-9-23-10-8-22)13-20-17(19-4)21-14-18(3)6-5-11-24-18;/h15-16H,5-14H2,1-4H3,(H2,19,20,21);1H. The Kier molecular flexibility index (Phi) is 11.1. The number of morpholine rings is 1. The highest BCUT2D eigenvalue weighted by molar-refractivity contribution is 14.0. The van der Waals surface area contributed by atoms with Gasteiger partial charge in [0.25, 0.3) is 0 Å². The molecule has 0 spiro atoms. The van der Waals surface area contributed by atoms with E-state index in [2.05, 4.69) is 53.1 Å². The SMILES string of the molecule is CN=C(NCC(CC(C)C)N1CCOCC1)NCC1(C)CCCS1.I. The minimum absolute atomic E-state index is 0. The zero-order valence-electron chi connectivity index (χ0n) is 16.3. The number of hydrogen-bond donors (Lipinski definition) is 2. The minimum atomic E-state index is 0. The van der Waals surface area contributed by atoms with Gasteiger partial charge in [0.1, 0.15) is 0 Å². The maximum absolute atomic E-state index is 5.51. The number of hydrogen-bond acceptors (Lipinski definition) is 4. The molecule has 148 valence electrons. The molecule has 0 aromatic rings. The summed E-state index contributed by atoms with van der Waals surface area (Å²) in [6, 6.07) is 0.545. The zero-order chi connectivity index (χ0) is 17.4. The predicted octanol–water partition coefficient (Wildman–Crippen LogP) is 2.80. The molecule has 7 heteroatoms. The molecule has 0 radical (unpaired) electrons. The van der Waals surface area contributed by atoms with Crippen LogP contribution in [0.4, 0.5) is 0 Å². The Balaban J connectivity index is 0.00000312. The summed E-state index contributed by atoms with van der Waals surface area (Å²) >= 11 is 2.09. The molecule has 2 aliphatic heterocycles. The molecule has 0 bridgehead atoms. The molecule has 2 rings (SSSR count). The van der Waals surface area contributed by atoms with Gasteiger partial charge in [-0.05, 0) is 37.9 Å². The summed E-state index contributed by atoms with van der Waals surface area (Å²) in [6.07, 6.45) is 3.84. The quantitative estimate of drug-likeness (QED) is 0.331. The molecule has 0 aromatic heterocycles. The lowest BCUT2D eigenvalue weighted by Gasteiger charge is -2.36. The fraction of sp³-hybridized carbons (Fsp3) is 0.944. The normalized spacial score (nSPS) is 26.4. The Morgan fingerprint density at radius 1 is 1.28 bits per heavy atom. The second-order valence-electron chi connectivity index (χ2n) is 7.64. The van der Waals surface area contributed by atoms with Gasteiger partial charge in [-0.15, -0.1) is 24.0 Å². The molecule has 0 saturated carbocycles. The third-order valence-corrected chi connectivity index (χ3v) is 6.50. The first-order chi connectivity index (χ1) is 11.5. The van der Waals surface area contributed by atoms with Gasteiger partial charge in [0.2, 0.25) is 0 Å². The van der Waals surface area contributed by atoms with Crippen molar-refractivity contribution in [2.75, 3.05) is 52.2 Å². The van der Waals surface area contributed by atoms with E-state index in [1.807, 2.05) is 7.05 Å². The number of nitrogens with zero attached hydrogens (tertiary/aromatic N) is 2. The van der Waals surface area contributed by atoms with E-state index in [1.54, 1.807) is 0 Å². The van der Waals surface area contributed by atoms with Crippen LogP contribution in [0.1, 0.15) is 40.0 Å². The van der Waals surface area contributed by atoms with E-state index in [-0.39, 0.29) is 24.0 Å². The van der Waals surface area contributed by atoms with Crippen molar-refractivity contribution >= 4 is 41.7 Å². The summed E-state index contributed by atoms with van der Waals surface area (Å²) in [7, 11) is 1.87. The van der Waals surface area contributed by atoms with Crippen molar-refractivity contribution in [3.63, 3.8) is 0 Å². The first-order valence-electron chi connectivity index (χ1n) is 9.43. The van der Waals surface area contributed by atoms with Crippen LogP contribution in [-0.4, -0.2) is 73.8 Å². The number of rotatable bonds is 7. The average molecular weight is 484 g/mol. The van der Waals surface area contributed by atoms with Crippen molar-refractivity contribution in [3.05, 3.63) is 0 Å². The predicted molar refractivity (Wildman–Crippen MR) is 121 cm³/mol. The molecule has 0 aromatic carbocycles. The van der Waals surface area contributed by atoms with Crippen molar-refractivity contribution in [2.45, 2.75) is 50.8 Å². The molecular formula is C18H37IN4OS. The van der Waals surface area contributed by atoms with E-state index in [0.29, 0.717) is 16.7 Å². The maximum Gasteiger partial charge on any atom is 0.191 e. The number of guanidine groups is 1. The number of halogens is 1. The highest BCUT2D eigenvalue weighted by Crippen LogP contribution is 2.36. The molecule has 2 saturated heterocycles. The lowest BCUT2D eigenvalue weighted by Crippen LogP contribution is -2.52. The molecule has 2 N–H and O–H groups in total. The van der Waals surface area contributed by atoms with Gasteiger partial charge < -0.3 is 15.4 Å². The summed E-state index contributed by atoms with van der Waals surface area (Å²) in [5, 5.41) is 7.10. The molecule has 25 heavy (non-hydrogen) atoms. The van der Waals surface area contributed by atoms with Gasteiger partial charge in [-0.2, -0.15) is 11.8 Å². The highest BCUT2D eigenvalue weighted by Gasteiger charge is 2.29. The number of thioether (sulfide) groups is 1. The molecule has 2 heterocycles. The largest absolute Gasteiger partial charge is 0.379 e. The third-order valence-electron chi connectivity index (χ3n) is 4.96. The Labute approximate surface area is 175 Å². The van der Waals surface area contributed by atoms with Crippen LogP contribution in [0.2, 0.25) is 0 Å². The van der Waals surface area contributed by atoms with E-state index in [0.717, 1.165) is 45.4 Å². The monoisotopic (exact) mass is 484 g/mol. The maximum atomic E-state index is 5.51. The lowest BCUT2D eigenvalue weighted by atomic mass is 10.0. The smallest absolute Gasteiger partial charge is 0.191 e. The van der Waals surface area contributed by atoms with Gasteiger partial charge in [0, 0.05) is 44.0 Å². The summed E-state index contributed by atoms with van der Waals surface area (Å²) in [5.41, 5.74) is 0. The van der Waals surface area contributed by atoms with Gasteiger partial charge in [-0.1, -0.05) is 13.8 Å². The van der Waals surface area contributed by atoms with Gasteiger partial charge in [-0.25, -0.2) is 0 Å². The van der Waals surface area contributed by atoms with Gasteiger partial charge in [0.15, 0.2) is 5.96 Å². The Morgan fingerprint density at radius 2 is 2.00 bits per heavy atom. The summed E-state index contributed by atoms with van der Waals surface area (Å²) in [5.74, 6) is 2.92. The average Bonchev–Trinajstić information content (AvgIpc) is 3.01. The summed E-state index contributed by atoms with van der Waals surface area (Å²) in [6.45, 7) is 12.7. The van der Waals surface area contributed by atoms with E-state index in [4.69, 9.17) is 4.74 Å². The van der Waals surface area contributed by atoms with Crippen LogP contribution >= 0.6 is 35.7 Å². The molecule has 5 nitrogen and oxygen atoms in total. The number of ether oxygens (including phenoxy) is 1. The third kappa shape index (κ3) is 8.22. The molecule has 2 unspecified atom stereocenters. The zero-order valence-corrected chi connectivity index (χ0v) is 19.5. The van der Waals surface area contributed by atoms with Crippen LogP contribution < -0.4 is 10.6 Å². The van der Waals surface area contributed by atoms with E-state index in [1.165, 1.54) is 25.0 Å². The second-order valence-corrected chi connectivity index (χ2v) is 9.32. The van der Waals surface area contributed by atoms with Crippen LogP contribution in [0, 0.1) is 5.92 Å². The van der Waals surface area contributed by atoms with Crippen LogP contribution in [0.5, 0.6) is 0 Å². The summed E-state index contributed by atoms with van der Waals surface area (Å²) in [4.78, 5) is 6.99. The number of nitrogens with one attached hydrogen (secondary N) is 2. The summed E-state index contributed by atoms with van der Waals surface area (Å²) < 4.78 is 5.87. The van der Waals surface area contributed by atoms with Crippen molar-refractivity contribution in [1.82, 2.24) is 15.5 Å². The minimum Gasteiger partial charge on any atom is -0.379 e. The number of aliphatic imine (C=N–C) groups is 1. The fourth-order valence-corrected chi connectivity index (χ4v) is 4.77. The first-order valence-corrected chi connectivity index (χ1v) is 10.4.